The molecule has 2 N–H and O–H groups in total. The van der Waals surface area contributed by atoms with Gasteiger partial charge in [-0.1, -0.05) is 37.4 Å². The highest BCUT2D eigenvalue weighted by molar-refractivity contribution is 5.93. The van der Waals surface area contributed by atoms with Crippen molar-refractivity contribution in [2.45, 2.75) is 30.8 Å². The van der Waals surface area contributed by atoms with Crippen molar-refractivity contribution < 1.29 is 57.7 Å². The Labute approximate surface area is 294 Å². The summed E-state index contributed by atoms with van der Waals surface area (Å²) in [4.78, 5) is 22.8. The van der Waals surface area contributed by atoms with Gasteiger partial charge in [-0.05, 0) is 57.9 Å². The molecule has 4 atom stereocenters. The van der Waals surface area contributed by atoms with Crippen LogP contribution in [0.5, 0.6) is 23.0 Å². The number of ether oxygens (including phenoxy) is 8. The minimum absolute atomic E-state index is 0.0326. The average molecular weight is 701 g/mol. The van der Waals surface area contributed by atoms with Crippen LogP contribution in [-0.4, -0.2) is 99.4 Å². The predicted octanol–water partition coefficient (Wildman–Crippen LogP) is 4.08. The first-order valence-corrected chi connectivity index (χ1v) is 16.6. The summed E-state index contributed by atoms with van der Waals surface area (Å²) in [5, 5.41) is 24.3. The van der Waals surface area contributed by atoms with Crippen LogP contribution in [0.15, 0.2) is 86.0 Å². The fourth-order valence-corrected chi connectivity index (χ4v) is 5.32. The topological polar surface area (TPSA) is 155 Å². The summed E-state index contributed by atoms with van der Waals surface area (Å²) in [5.74, 6) is 1.10. The lowest BCUT2D eigenvalue weighted by Gasteiger charge is -2.19. The van der Waals surface area contributed by atoms with Crippen molar-refractivity contribution >= 4 is 33.5 Å². The molecule has 0 aromatic heterocycles. The molecule has 0 amide bonds. The van der Waals surface area contributed by atoms with Crippen LogP contribution in [0.4, 0.5) is 0 Å². The number of esters is 2. The number of benzene rings is 4. The van der Waals surface area contributed by atoms with E-state index in [0.29, 0.717) is 55.8 Å². The maximum absolute atomic E-state index is 11.4. The fraction of sp³-hybridized carbons (Fsp3) is 0.333. The number of fused-ring (bicyclic) bond motifs is 2. The van der Waals surface area contributed by atoms with Gasteiger partial charge in [0, 0.05) is 29.7 Å². The zero-order valence-electron chi connectivity index (χ0n) is 28.0. The summed E-state index contributed by atoms with van der Waals surface area (Å²) in [7, 11) is 0. The van der Waals surface area contributed by atoms with Crippen LogP contribution in [0.25, 0.3) is 21.5 Å². The van der Waals surface area contributed by atoms with Gasteiger partial charge >= 0.3 is 11.9 Å². The van der Waals surface area contributed by atoms with E-state index >= 15 is 0 Å². The highest BCUT2D eigenvalue weighted by Crippen LogP contribution is 2.39. The maximum Gasteiger partial charge on any atom is 0.330 e. The molecule has 4 aromatic carbocycles. The van der Waals surface area contributed by atoms with E-state index in [0.717, 1.165) is 44.8 Å². The molecule has 6 rings (SSSR count). The first kappa shape index (κ1) is 35.7. The number of rotatable bonds is 20. The number of carbonyl (C=O) groups excluding carboxylic acids is 2. The molecule has 4 unspecified atom stereocenters. The van der Waals surface area contributed by atoms with Crippen molar-refractivity contribution in [3.05, 3.63) is 97.1 Å². The number of hydrogen-bond acceptors (Lipinski definition) is 12. The van der Waals surface area contributed by atoms with Crippen LogP contribution in [0, 0.1) is 0 Å². The lowest BCUT2D eigenvalue weighted by molar-refractivity contribution is -0.142. The van der Waals surface area contributed by atoms with Gasteiger partial charge in [0.15, 0.2) is 0 Å². The van der Waals surface area contributed by atoms with Crippen LogP contribution in [-0.2, 0) is 35.0 Å². The second-order valence-corrected chi connectivity index (χ2v) is 12.2. The monoisotopic (exact) mass is 700 g/mol. The molecular weight excluding hydrogens is 660 g/mol. The molecule has 2 aliphatic rings. The summed E-state index contributed by atoms with van der Waals surface area (Å²) >= 11 is 0. The van der Waals surface area contributed by atoms with E-state index in [1.54, 1.807) is 0 Å². The molecule has 2 heterocycles. The minimum atomic E-state index is -1.04. The highest BCUT2D eigenvalue weighted by atomic mass is 16.6. The van der Waals surface area contributed by atoms with Gasteiger partial charge in [0.05, 0.1) is 13.2 Å². The Kier molecular flexibility index (Phi) is 11.7. The number of aliphatic hydroxyl groups is 2. The molecule has 51 heavy (non-hydrogen) atoms. The van der Waals surface area contributed by atoms with Crippen molar-refractivity contribution in [3.8, 4) is 23.0 Å². The van der Waals surface area contributed by atoms with Crippen LogP contribution >= 0.6 is 0 Å². The maximum atomic E-state index is 11.4. The first-order chi connectivity index (χ1) is 24.8. The molecule has 268 valence electrons. The predicted molar refractivity (Wildman–Crippen MR) is 186 cm³/mol. The summed E-state index contributed by atoms with van der Waals surface area (Å²) in [6.45, 7) is 8.14. The van der Waals surface area contributed by atoms with Gasteiger partial charge < -0.3 is 48.1 Å². The summed E-state index contributed by atoms with van der Waals surface area (Å²) in [6, 6.07) is 19.1. The molecule has 0 radical (unpaired) electrons. The number of carbonyl (C=O) groups is 2. The third-order valence-electron chi connectivity index (χ3n) is 8.18. The normalized spacial score (nSPS) is 17.2. The van der Waals surface area contributed by atoms with Crippen LogP contribution < -0.4 is 18.9 Å². The van der Waals surface area contributed by atoms with Crippen molar-refractivity contribution in [2.24, 2.45) is 0 Å². The van der Waals surface area contributed by atoms with E-state index in [1.165, 1.54) is 0 Å². The van der Waals surface area contributed by atoms with Crippen LogP contribution in [0.2, 0.25) is 0 Å². The summed E-state index contributed by atoms with van der Waals surface area (Å²) in [6.07, 6.45) is 0.443. The van der Waals surface area contributed by atoms with Crippen LogP contribution in [0.3, 0.4) is 0 Å². The van der Waals surface area contributed by atoms with Gasteiger partial charge in [-0.25, -0.2) is 9.59 Å². The average Bonchev–Trinajstić information content (AvgIpc) is 4.10. The third kappa shape index (κ3) is 9.98. The van der Waals surface area contributed by atoms with Crippen LogP contribution in [0.1, 0.15) is 11.1 Å². The SMILES string of the molecule is C=CC(=O)OCC(O)COc1ccc2ccc(OCC3CO3)c(Cc3c(OCC4CO4)ccc4ccc(OCC(O)COC(=O)C=C)cc34)c2c1. The molecule has 0 aliphatic carbocycles. The molecule has 2 saturated heterocycles. The van der Waals surface area contributed by atoms with Gasteiger partial charge in [-0.3, -0.25) is 0 Å². The van der Waals surface area contributed by atoms with Gasteiger partial charge in [0.1, 0.15) is 87.1 Å². The molecule has 4 aromatic rings. The molecule has 12 heteroatoms. The molecular formula is C39H40O12. The van der Waals surface area contributed by atoms with E-state index in [2.05, 4.69) is 13.2 Å². The van der Waals surface area contributed by atoms with Gasteiger partial charge in [-0.2, -0.15) is 0 Å². The van der Waals surface area contributed by atoms with Gasteiger partial charge in [-0.15, -0.1) is 0 Å². The zero-order chi connectivity index (χ0) is 35.7. The Hall–Kier alpha value is -5.14. The largest absolute Gasteiger partial charge is 0.491 e. The lowest BCUT2D eigenvalue weighted by Crippen LogP contribution is -2.24. The molecule has 0 spiro atoms. The van der Waals surface area contributed by atoms with E-state index in [-0.39, 0.29) is 38.6 Å². The molecule has 0 bridgehead atoms. The highest BCUT2D eigenvalue weighted by Gasteiger charge is 2.26. The fourth-order valence-electron chi connectivity index (χ4n) is 5.32. The quantitative estimate of drug-likeness (QED) is 0.0776. The second kappa shape index (κ2) is 16.7. The lowest BCUT2D eigenvalue weighted by atomic mass is 9.93. The standard InChI is InChI=1S/C39H40O12/c1-3-38(42)50-18-26(40)16-44-28-9-5-24-7-11-36(48-22-30-20-46-30)34(32(24)13-28)15-35-33-14-29(45-17-27(41)19-51-39(43)4-2)10-6-25(33)8-12-37(35)49-23-31-21-47-31/h3-14,26-27,30-31,40-41H,1-2,15-23H2. The Balaban J connectivity index is 1.33. The molecule has 2 aliphatic heterocycles. The number of hydrogen-bond donors (Lipinski definition) is 2. The van der Waals surface area contributed by atoms with Crippen molar-refractivity contribution in [3.63, 3.8) is 0 Å². The van der Waals surface area contributed by atoms with Crippen molar-refractivity contribution in [2.75, 3.05) is 52.9 Å². The summed E-state index contributed by atoms with van der Waals surface area (Å²) < 4.78 is 45.2. The molecule has 2 fully saturated rings. The Bertz CT molecular complexity index is 1740. The van der Waals surface area contributed by atoms with Gasteiger partial charge in [0.25, 0.3) is 0 Å². The van der Waals surface area contributed by atoms with E-state index in [9.17, 15) is 19.8 Å². The Morgan fingerprint density at radius 1 is 0.667 bits per heavy atom. The zero-order valence-corrected chi connectivity index (χ0v) is 28.0. The van der Waals surface area contributed by atoms with E-state index < -0.39 is 24.1 Å². The minimum Gasteiger partial charge on any atom is -0.491 e. The molecule has 12 nitrogen and oxygen atoms in total. The Morgan fingerprint density at radius 2 is 1.08 bits per heavy atom. The van der Waals surface area contributed by atoms with Crippen molar-refractivity contribution in [1.29, 1.82) is 0 Å². The number of aliphatic hydroxyl groups excluding tert-OH is 2. The summed E-state index contributed by atoms with van der Waals surface area (Å²) in [5.41, 5.74) is 1.76. The first-order valence-electron chi connectivity index (χ1n) is 16.6. The van der Waals surface area contributed by atoms with Gasteiger partial charge in [0.2, 0.25) is 0 Å². The second-order valence-electron chi connectivity index (χ2n) is 12.2. The van der Waals surface area contributed by atoms with E-state index in [1.807, 2.05) is 60.7 Å². The van der Waals surface area contributed by atoms with E-state index in [4.69, 9.17) is 37.9 Å². The third-order valence-corrected chi connectivity index (χ3v) is 8.18. The van der Waals surface area contributed by atoms with Crippen molar-refractivity contribution in [1.82, 2.24) is 0 Å². The number of epoxide rings is 2. The Morgan fingerprint density at radius 3 is 1.47 bits per heavy atom. The smallest absolute Gasteiger partial charge is 0.330 e. The molecule has 0 saturated carbocycles.